The molecule has 2 aromatic rings. The van der Waals surface area contributed by atoms with Gasteiger partial charge in [0.1, 0.15) is 0 Å². The minimum atomic E-state index is -3.36. The van der Waals surface area contributed by atoms with Crippen molar-refractivity contribution in [1.29, 1.82) is 0 Å². The Hall–Kier alpha value is -2.34. The van der Waals surface area contributed by atoms with Gasteiger partial charge in [0.2, 0.25) is 5.91 Å². The van der Waals surface area contributed by atoms with Crippen molar-refractivity contribution < 1.29 is 13.2 Å². The van der Waals surface area contributed by atoms with E-state index in [0.717, 1.165) is 24.3 Å². The summed E-state index contributed by atoms with van der Waals surface area (Å²) >= 11 is 0. The summed E-state index contributed by atoms with van der Waals surface area (Å²) in [5.41, 5.74) is 2.73. The maximum Gasteiger partial charge on any atom is 0.221 e. The van der Waals surface area contributed by atoms with E-state index < -0.39 is 9.84 Å². The van der Waals surface area contributed by atoms with Gasteiger partial charge in [-0.3, -0.25) is 4.79 Å². The molecule has 0 atom stereocenters. The standard InChI is InChI=1S/C20H26N2O3S/c1-4-22(5-2)19-10-6-17(7-11-19)14-15-26(24,25)20-12-8-18(9-13-20)21-16(3)23/h6-13H,4-5,14-15H2,1-3H3,(H,21,23). The van der Waals surface area contributed by atoms with E-state index in [1.54, 1.807) is 12.1 Å². The number of sulfone groups is 1. The Morgan fingerprint density at radius 1 is 0.962 bits per heavy atom. The van der Waals surface area contributed by atoms with Crippen LogP contribution in [0.2, 0.25) is 0 Å². The molecule has 0 aliphatic rings. The average molecular weight is 375 g/mol. The van der Waals surface area contributed by atoms with Crippen molar-refractivity contribution in [3.63, 3.8) is 0 Å². The second-order valence-electron chi connectivity index (χ2n) is 6.11. The van der Waals surface area contributed by atoms with Crippen molar-refractivity contribution in [3.8, 4) is 0 Å². The molecule has 0 heterocycles. The number of rotatable bonds is 8. The predicted octanol–water partition coefficient (Wildman–Crippen LogP) is 3.51. The Kier molecular flexibility index (Phi) is 6.80. The second-order valence-corrected chi connectivity index (χ2v) is 8.22. The Balaban J connectivity index is 2.02. The lowest BCUT2D eigenvalue weighted by Gasteiger charge is -2.21. The number of amides is 1. The molecule has 0 saturated carbocycles. The summed E-state index contributed by atoms with van der Waals surface area (Å²) in [5.74, 6) is -0.134. The predicted molar refractivity (Wildman–Crippen MR) is 107 cm³/mol. The van der Waals surface area contributed by atoms with E-state index >= 15 is 0 Å². The van der Waals surface area contributed by atoms with Gasteiger partial charge in [0.15, 0.2) is 9.84 Å². The van der Waals surface area contributed by atoms with Crippen LogP contribution in [-0.4, -0.2) is 33.2 Å². The van der Waals surface area contributed by atoms with Gasteiger partial charge in [0, 0.05) is 31.4 Å². The largest absolute Gasteiger partial charge is 0.372 e. The molecule has 0 aliphatic heterocycles. The Labute approximate surface area is 156 Å². The van der Waals surface area contributed by atoms with E-state index in [-0.39, 0.29) is 16.6 Å². The molecule has 1 amide bonds. The number of carbonyl (C=O) groups excluding carboxylic acids is 1. The molecule has 0 bridgehead atoms. The van der Waals surface area contributed by atoms with Gasteiger partial charge in [-0.05, 0) is 62.2 Å². The van der Waals surface area contributed by atoms with Gasteiger partial charge in [0.05, 0.1) is 10.6 Å². The average Bonchev–Trinajstić information content (AvgIpc) is 2.62. The van der Waals surface area contributed by atoms with Crippen molar-refractivity contribution in [2.45, 2.75) is 32.1 Å². The van der Waals surface area contributed by atoms with Crippen LogP contribution in [0.25, 0.3) is 0 Å². The van der Waals surface area contributed by atoms with Crippen molar-refractivity contribution in [3.05, 3.63) is 54.1 Å². The van der Waals surface area contributed by atoms with E-state index in [0.29, 0.717) is 12.1 Å². The summed E-state index contributed by atoms with van der Waals surface area (Å²) in [6.07, 6.45) is 0.467. The minimum absolute atomic E-state index is 0.0527. The summed E-state index contributed by atoms with van der Waals surface area (Å²) in [5, 5.41) is 2.63. The number of aryl methyl sites for hydroxylation is 1. The van der Waals surface area contributed by atoms with E-state index in [2.05, 4.69) is 24.1 Å². The van der Waals surface area contributed by atoms with Gasteiger partial charge in [0.25, 0.3) is 0 Å². The van der Waals surface area contributed by atoms with Crippen LogP contribution in [-0.2, 0) is 21.1 Å². The van der Waals surface area contributed by atoms with Crippen LogP contribution < -0.4 is 10.2 Å². The molecule has 0 unspecified atom stereocenters. The highest BCUT2D eigenvalue weighted by Gasteiger charge is 2.14. The first-order valence-electron chi connectivity index (χ1n) is 8.80. The molecular formula is C20H26N2O3S. The van der Waals surface area contributed by atoms with E-state index in [1.165, 1.54) is 19.1 Å². The third kappa shape index (κ3) is 5.33. The molecule has 0 spiro atoms. The maximum atomic E-state index is 12.5. The summed E-state index contributed by atoms with van der Waals surface area (Å²) in [4.78, 5) is 13.5. The van der Waals surface area contributed by atoms with Crippen LogP contribution in [0.15, 0.2) is 53.4 Å². The lowest BCUT2D eigenvalue weighted by atomic mass is 10.1. The van der Waals surface area contributed by atoms with Crippen LogP contribution >= 0.6 is 0 Å². The lowest BCUT2D eigenvalue weighted by molar-refractivity contribution is -0.114. The van der Waals surface area contributed by atoms with Gasteiger partial charge >= 0.3 is 0 Å². The number of carbonyl (C=O) groups is 1. The molecule has 0 aromatic heterocycles. The smallest absolute Gasteiger partial charge is 0.221 e. The first-order chi connectivity index (χ1) is 12.4. The molecule has 0 saturated heterocycles. The monoisotopic (exact) mass is 374 g/mol. The van der Waals surface area contributed by atoms with Crippen molar-refractivity contribution in [2.24, 2.45) is 0 Å². The summed E-state index contributed by atoms with van der Waals surface area (Å²) in [6, 6.07) is 14.3. The number of hydrogen-bond acceptors (Lipinski definition) is 4. The highest BCUT2D eigenvalue weighted by molar-refractivity contribution is 7.91. The fraction of sp³-hybridized carbons (Fsp3) is 0.350. The summed E-state index contributed by atoms with van der Waals surface area (Å²) in [6.45, 7) is 7.52. The van der Waals surface area contributed by atoms with Crippen LogP contribution in [0.3, 0.4) is 0 Å². The Morgan fingerprint density at radius 3 is 2.04 bits per heavy atom. The highest BCUT2D eigenvalue weighted by atomic mass is 32.2. The van der Waals surface area contributed by atoms with E-state index in [1.807, 2.05) is 24.3 Å². The third-order valence-corrected chi connectivity index (χ3v) is 5.99. The van der Waals surface area contributed by atoms with Crippen LogP contribution in [0.5, 0.6) is 0 Å². The molecule has 0 radical (unpaired) electrons. The van der Waals surface area contributed by atoms with Gasteiger partial charge < -0.3 is 10.2 Å². The lowest BCUT2D eigenvalue weighted by Crippen LogP contribution is -2.21. The molecular weight excluding hydrogens is 348 g/mol. The fourth-order valence-electron chi connectivity index (χ4n) is 2.78. The molecule has 2 rings (SSSR count). The normalized spacial score (nSPS) is 11.2. The third-order valence-electron chi connectivity index (χ3n) is 4.26. The van der Waals surface area contributed by atoms with Gasteiger partial charge in [-0.15, -0.1) is 0 Å². The Bertz CT molecular complexity index is 824. The number of hydrogen-bond donors (Lipinski definition) is 1. The number of benzene rings is 2. The highest BCUT2D eigenvalue weighted by Crippen LogP contribution is 2.19. The molecule has 0 aliphatic carbocycles. The first kappa shape index (κ1) is 20.0. The zero-order valence-electron chi connectivity index (χ0n) is 15.5. The first-order valence-corrected chi connectivity index (χ1v) is 10.4. The molecule has 1 N–H and O–H groups in total. The minimum Gasteiger partial charge on any atom is -0.372 e. The van der Waals surface area contributed by atoms with Crippen LogP contribution in [0, 0.1) is 0 Å². The van der Waals surface area contributed by atoms with Crippen LogP contribution in [0.1, 0.15) is 26.3 Å². The van der Waals surface area contributed by atoms with Gasteiger partial charge in [-0.25, -0.2) is 8.42 Å². The van der Waals surface area contributed by atoms with Crippen molar-refractivity contribution in [1.82, 2.24) is 0 Å². The Morgan fingerprint density at radius 2 is 1.54 bits per heavy atom. The zero-order chi connectivity index (χ0) is 19.2. The zero-order valence-corrected chi connectivity index (χ0v) is 16.3. The molecule has 0 fully saturated rings. The molecule has 2 aromatic carbocycles. The van der Waals surface area contributed by atoms with Crippen LogP contribution in [0.4, 0.5) is 11.4 Å². The summed E-state index contributed by atoms with van der Waals surface area (Å²) < 4.78 is 25.0. The number of nitrogens with zero attached hydrogens (tertiary/aromatic N) is 1. The molecule has 6 heteroatoms. The van der Waals surface area contributed by atoms with Gasteiger partial charge in [-0.1, -0.05) is 12.1 Å². The van der Waals surface area contributed by atoms with Crippen molar-refractivity contribution >= 4 is 27.1 Å². The second kappa shape index (κ2) is 8.85. The maximum absolute atomic E-state index is 12.5. The fourth-order valence-corrected chi connectivity index (χ4v) is 4.07. The van der Waals surface area contributed by atoms with Crippen molar-refractivity contribution in [2.75, 3.05) is 29.1 Å². The SMILES string of the molecule is CCN(CC)c1ccc(CCS(=O)(=O)c2ccc(NC(C)=O)cc2)cc1. The summed E-state index contributed by atoms with van der Waals surface area (Å²) in [7, 11) is -3.36. The van der Waals surface area contributed by atoms with E-state index in [9.17, 15) is 13.2 Å². The molecule has 140 valence electrons. The quantitative estimate of drug-likeness (QED) is 0.768. The topological polar surface area (TPSA) is 66.5 Å². The number of nitrogens with one attached hydrogen (secondary N) is 1. The van der Waals surface area contributed by atoms with E-state index in [4.69, 9.17) is 0 Å². The molecule has 5 nitrogen and oxygen atoms in total. The molecule has 26 heavy (non-hydrogen) atoms. The van der Waals surface area contributed by atoms with Gasteiger partial charge in [-0.2, -0.15) is 0 Å². The number of anilines is 2.